The van der Waals surface area contributed by atoms with Crippen LogP contribution in [0.1, 0.15) is 12.8 Å². The number of halogens is 2. The van der Waals surface area contributed by atoms with E-state index in [0.717, 1.165) is 18.9 Å². The van der Waals surface area contributed by atoms with Crippen LogP contribution in [0.3, 0.4) is 0 Å². The summed E-state index contributed by atoms with van der Waals surface area (Å²) in [7, 11) is 2.00. The van der Waals surface area contributed by atoms with Crippen molar-refractivity contribution in [2.75, 3.05) is 25.0 Å². The summed E-state index contributed by atoms with van der Waals surface area (Å²) in [6.45, 7) is 2.04. The third-order valence-electron chi connectivity index (χ3n) is 2.77. The monoisotopic (exact) mass is 262 g/mol. The lowest BCUT2D eigenvalue weighted by molar-refractivity contribution is 0.447. The fourth-order valence-electron chi connectivity index (χ4n) is 1.90. The van der Waals surface area contributed by atoms with Gasteiger partial charge in [0.25, 0.3) is 0 Å². The number of piperidine rings is 1. The average molecular weight is 263 g/mol. The van der Waals surface area contributed by atoms with Gasteiger partial charge in [-0.3, -0.25) is 0 Å². The zero-order valence-corrected chi connectivity index (χ0v) is 10.8. The third-order valence-corrected chi connectivity index (χ3v) is 2.97. The van der Waals surface area contributed by atoms with Crippen LogP contribution in [0.2, 0.25) is 5.15 Å². The molecule has 1 fully saturated rings. The van der Waals surface area contributed by atoms with Crippen LogP contribution in [0.25, 0.3) is 0 Å². The molecule has 2 rings (SSSR count). The smallest absolute Gasteiger partial charge is 0.151 e. The number of anilines is 1. The largest absolute Gasteiger partial charge is 0.354 e. The van der Waals surface area contributed by atoms with Crippen LogP contribution >= 0.6 is 24.0 Å². The average Bonchev–Trinajstić information content (AvgIpc) is 2.30. The zero-order valence-electron chi connectivity index (χ0n) is 9.19. The Morgan fingerprint density at radius 3 is 2.88 bits per heavy atom. The Balaban J connectivity index is 0.00000128. The molecular formula is C10H16Cl2N4. The van der Waals surface area contributed by atoms with Gasteiger partial charge < -0.3 is 10.2 Å². The van der Waals surface area contributed by atoms with Gasteiger partial charge in [-0.2, -0.15) is 0 Å². The van der Waals surface area contributed by atoms with Gasteiger partial charge in [0, 0.05) is 19.1 Å². The molecule has 0 radical (unpaired) electrons. The van der Waals surface area contributed by atoms with Crippen molar-refractivity contribution in [2.45, 2.75) is 18.9 Å². The van der Waals surface area contributed by atoms with Gasteiger partial charge in [0.2, 0.25) is 0 Å². The fourth-order valence-corrected chi connectivity index (χ4v) is 2.00. The molecule has 4 nitrogen and oxygen atoms in total. The molecule has 1 aliphatic heterocycles. The van der Waals surface area contributed by atoms with E-state index in [2.05, 4.69) is 20.4 Å². The Labute approximate surface area is 107 Å². The minimum absolute atomic E-state index is 0. The zero-order chi connectivity index (χ0) is 10.7. The highest BCUT2D eigenvalue weighted by atomic mass is 35.5. The third kappa shape index (κ3) is 3.20. The van der Waals surface area contributed by atoms with Crippen molar-refractivity contribution in [3.8, 4) is 0 Å². The van der Waals surface area contributed by atoms with Crippen LogP contribution in [0.15, 0.2) is 12.1 Å². The summed E-state index contributed by atoms with van der Waals surface area (Å²) in [6.07, 6.45) is 2.42. The van der Waals surface area contributed by atoms with Crippen LogP contribution < -0.4 is 10.2 Å². The van der Waals surface area contributed by atoms with Gasteiger partial charge in [-0.1, -0.05) is 11.6 Å². The van der Waals surface area contributed by atoms with Gasteiger partial charge in [0.15, 0.2) is 11.0 Å². The van der Waals surface area contributed by atoms with E-state index >= 15 is 0 Å². The quantitative estimate of drug-likeness (QED) is 0.882. The molecule has 0 amide bonds. The first kappa shape index (κ1) is 13.5. The molecule has 1 aromatic rings. The van der Waals surface area contributed by atoms with Crippen molar-refractivity contribution in [1.82, 2.24) is 15.5 Å². The summed E-state index contributed by atoms with van der Waals surface area (Å²) < 4.78 is 0. The van der Waals surface area contributed by atoms with Gasteiger partial charge >= 0.3 is 0 Å². The molecular weight excluding hydrogens is 247 g/mol. The van der Waals surface area contributed by atoms with Crippen LogP contribution in [-0.2, 0) is 0 Å². The van der Waals surface area contributed by atoms with Gasteiger partial charge in [-0.15, -0.1) is 22.6 Å². The van der Waals surface area contributed by atoms with Crippen molar-refractivity contribution < 1.29 is 0 Å². The van der Waals surface area contributed by atoms with Gasteiger partial charge in [-0.25, -0.2) is 0 Å². The second-order valence-corrected chi connectivity index (χ2v) is 4.18. The van der Waals surface area contributed by atoms with Crippen LogP contribution in [0.4, 0.5) is 5.82 Å². The molecule has 1 N–H and O–H groups in total. The minimum Gasteiger partial charge on any atom is -0.354 e. The van der Waals surface area contributed by atoms with E-state index in [-0.39, 0.29) is 12.4 Å². The molecule has 2 heterocycles. The maximum atomic E-state index is 5.70. The highest BCUT2D eigenvalue weighted by molar-refractivity contribution is 6.29. The Morgan fingerprint density at radius 2 is 2.25 bits per heavy atom. The number of hydrogen-bond donors (Lipinski definition) is 1. The van der Waals surface area contributed by atoms with E-state index in [1.807, 2.05) is 13.1 Å². The number of rotatable bonds is 2. The molecule has 90 valence electrons. The van der Waals surface area contributed by atoms with Crippen LogP contribution in [-0.4, -0.2) is 36.4 Å². The first-order valence-corrected chi connectivity index (χ1v) is 5.59. The number of hydrogen-bond acceptors (Lipinski definition) is 4. The maximum absolute atomic E-state index is 5.70. The molecule has 1 atom stereocenters. The van der Waals surface area contributed by atoms with Crippen molar-refractivity contribution in [3.05, 3.63) is 17.3 Å². The van der Waals surface area contributed by atoms with E-state index < -0.39 is 0 Å². The summed E-state index contributed by atoms with van der Waals surface area (Å²) in [4.78, 5) is 2.24. The summed E-state index contributed by atoms with van der Waals surface area (Å²) in [5.74, 6) is 0.916. The van der Waals surface area contributed by atoms with E-state index in [9.17, 15) is 0 Å². The summed E-state index contributed by atoms with van der Waals surface area (Å²) >= 11 is 5.70. The Morgan fingerprint density at radius 1 is 1.44 bits per heavy atom. The molecule has 0 saturated carbocycles. The van der Waals surface area contributed by atoms with E-state index in [1.165, 1.54) is 12.8 Å². The molecule has 6 heteroatoms. The Kier molecular flexibility index (Phi) is 5.25. The maximum Gasteiger partial charge on any atom is 0.151 e. The summed E-state index contributed by atoms with van der Waals surface area (Å²) in [6, 6.07) is 4.26. The standard InChI is InChI=1S/C10H15ClN4.ClH/c1-12-8-3-2-6-15(7-8)10-5-4-9(11)13-14-10;/h4-5,8,12H,2-3,6-7H2,1H3;1H. The first-order valence-electron chi connectivity index (χ1n) is 5.21. The SMILES string of the molecule is CNC1CCCN(c2ccc(Cl)nn2)C1.Cl. The minimum atomic E-state index is 0. The van der Waals surface area contributed by atoms with Gasteiger partial charge in [0.1, 0.15) is 0 Å². The topological polar surface area (TPSA) is 41.0 Å². The van der Waals surface area contributed by atoms with Gasteiger partial charge in [0.05, 0.1) is 0 Å². The molecule has 0 spiro atoms. The number of aromatic nitrogens is 2. The number of nitrogens with one attached hydrogen (secondary N) is 1. The summed E-state index contributed by atoms with van der Waals surface area (Å²) in [5.41, 5.74) is 0. The molecule has 1 saturated heterocycles. The van der Waals surface area contributed by atoms with Crippen molar-refractivity contribution >= 4 is 29.8 Å². The van der Waals surface area contributed by atoms with E-state index in [1.54, 1.807) is 6.07 Å². The van der Waals surface area contributed by atoms with Crippen molar-refractivity contribution in [3.63, 3.8) is 0 Å². The lowest BCUT2D eigenvalue weighted by atomic mass is 10.1. The Hall–Kier alpha value is -0.580. The van der Waals surface area contributed by atoms with Gasteiger partial charge in [-0.05, 0) is 32.0 Å². The van der Waals surface area contributed by atoms with Crippen molar-refractivity contribution in [2.24, 2.45) is 0 Å². The second-order valence-electron chi connectivity index (χ2n) is 3.79. The molecule has 1 aromatic heterocycles. The van der Waals surface area contributed by atoms with Crippen molar-refractivity contribution in [1.29, 1.82) is 0 Å². The van der Waals surface area contributed by atoms with E-state index in [4.69, 9.17) is 11.6 Å². The molecule has 1 aliphatic rings. The van der Waals surface area contributed by atoms with E-state index in [0.29, 0.717) is 11.2 Å². The van der Waals surface area contributed by atoms with Crippen LogP contribution in [0, 0.1) is 0 Å². The Bertz CT molecular complexity index is 317. The molecule has 0 bridgehead atoms. The first-order chi connectivity index (χ1) is 7.29. The predicted octanol–water partition coefficient (Wildman–Crippen LogP) is 1.74. The second kappa shape index (κ2) is 6.23. The molecule has 0 aromatic carbocycles. The molecule has 16 heavy (non-hydrogen) atoms. The normalized spacial score (nSPS) is 20.4. The fraction of sp³-hybridized carbons (Fsp3) is 0.600. The molecule has 0 aliphatic carbocycles. The number of likely N-dealkylation sites (N-methyl/N-ethyl adjacent to an activating group) is 1. The summed E-state index contributed by atoms with van der Waals surface area (Å²) in [5, 5.41) is 11.7. The highest BCUT2D eigenvalue weighted by Crippen LogP contribution is 2.17. The molecule has 1 unspecified atom stereocenters. The number of nitrogens with zero attached hydrogens (tertiary/aromatic N) is 3. The lowest BCUT2D eigenvalue weighted by Crippen LogP contribution is -2.44. The van der Waals surface area contributed by atoms with Crippen LogP contribution in [0.5, 0.6) is 0 Å². The predicted molar refractivity (Wildman–Crippen MR) is 68.6 cm³/mol. The highest BCUT2D eigenvalue weighted by Gasteiger charge is 2.19. The lowest BCUT2D eigenvalue weighted by Gasteiger charge is -2.32.